The molecule has 0 saturated carbocycles. The van der Waals surface area contributed by atoms with Crippen molar-refractivity contribution in [2.24, 2.45) is 5.10 Å². The van der Waals surface area contributed by atoms with E-state index in [4.69, 9.17) is 23.2 Å². The summed E-state index contributed by atoms with van der Waals surface area (Å²) < 4.78 is 0. The number of hydrazone groups is 1. The van der Waals surface area contributed by atoms with Crippen LogP contribution in [0.2, 0.25) is 10.0 Å². The van der Waals surface area contributed by atoms with Crippen molar-refractivity contribution in [1.29, 1.82) is 0 Å². The van der Waals surface area contributed by atoms with Crippen LogP contribution in [0.5, 0.6) is 0 Å². The van der Waals surface area contributed by atoms with E-state index in [1.807, 2.05) is 0 Å². The van der Waals surface area contributed by atoms with E-state index < -0.39 is 0 Å². The van der Waals surface area contributed by atoms with Gasteiger partial charge in [-0.05, 0) is 29.8 Å². The predicted molar refractivity (Wildman–Crippen MR) is 78.0 cm³/mol. The molecule has 0 spiro atoms. The Morgan fingerprint density at radius 2 is 1.74 bits per heavy atom. The third kappa shape index (κ3) is 3.81. The summed E-state index contributed by atoms with van der Waals surface area (Å²) in [5, 5.41) is 4.90. The second-order valence-corrected chi connectivity index (χ2v) is 4.57. The van der Waals surface area contributed by atoms with Crippen LogP contribution in [0.3, 0.4) is 0 Å². The quantitative estimate of drug-likeness (QED) is 0.679. The standard InChI is InChI=1S/C14H10Cl2N2O/c15-11-7-5-10(6-8-11)9-17-18-14(19)12-3-1-2-4-13(12)16/h1-9H,(H,18,19). The molecule has 2 aromatic rings. The maximum absolute atomic E-state index is 11.8. The van der Waals surface area contributed by atoms with Gasteiger partial charge >= 0.3 is 0 Å². The number of amides is 1. The molecule has 0 aliphatic carbocycles. The van der Waals surface area contributed by atoms with Gasteiger partial charge in [0.05, 0.1) is 16.8 Å². The number of carbonyl (C=O) groups is 1. The van der Waals surface area contributed by atoms with E-state index in [1.54, 1.807) is 48.5 Å². The number of nitrogens with one attached hydrogen (secondary N) is 1. The Morgan fingerprint density at radius 1 is 1.05 bits per heavy atom. The van der Waals surface area contributed by atoms with Crippen LogP contribution < -0.4 is 5.43 Å². The smallest absolute Gasteiger partial charge is 0.267 e. The molecule has 2 aromatic carbocycles. The van der Waals surface area contributed by atoms with Gasteiger partial charge in [-0.1, -0.05) is 47.5 Å². The molecule has 2 rings (SSSR count). The zero-order chi connectivity index (χ0) is 13.7. The van der Waals surface area contributed by atoms with Gasteiger partial charge in [-0.2, -0.15) is 5.10 Å². The third-order valence-electron chi connectivity index (χ3n) is 2.37. The molecule has 1 N–H and O–H groups in total. The van der Waals surface area contributed by atoms with Crippen LogP contribution in [0, 0.1) is 0 Å². The van der Waals surface area contributed by atoms with Gasteiger partial charge in [0, 0.05) is 5.02 Å². The molecule has 0 saturated heterocycles. The predicted octanol–water partition coefficient (Wildman–Crippen LogP) is 3.76. The van der Waals surface area contributed by atoms with Crippen molar-refractivity contribution >= 4 is 35.3 Å². The number of hydrogen-bond donors (Lipinski definition) is 1. The summed E-state index contributed by atoms with van der Waals surface area (Å²) in [4.78, 5) is 11.8. The summed E-state index contributed by atoms with van der Waals surface area (Å²) in [5.74, 6) is -0.351. The van der Waals surface area contributed by atoms with Crippen LogP contribution in [0.15, 0.2) is 53.6 Å². The first-order valence-electron chi connectivity index (χ1n) is 5.50. The summed E-state index contributed by atoms with van der Waals surface area (Å²) in [6.07, 6.45) is 1.53. The van der Waals surface area contributed by atoms with Gasteiger partial charge in [0.15, 0.2) is 0 Å². The lowest BCUT2D eigenvalue weighted by Crippen LogP contribution is -2.17. The average Bonchev–Trinajstić information content (AvgIpc) is 2.41. The van der Waals surface area contributed by atoms with Crippen LogP contribution >= 0.6 is 23.2 Å². The van der Waals surface area contributed by atoms with Gasteiger partial charge in [0.2, 0.25) is 0 Å². The summed E-state index contributed by atoms with van der Waals surface area (Å²) in [6, 6.07) is 13.9. The summed E-state index contributed by atoms with van der Waals surface area (Å²) in [7, 11) is 0. The zero-order valence-corrected chi connectivity index (χ0v) is 11.3. The number of rotatable bonds is 3. The van der Waals surface area contributed by atoms with Crippen molar-refractivity contribution in [3.8, 4) is 0 Å². The minimum absolute atomic E-state index is 0.351. The van der Waals surface area contributed by atoms with Crippen LogP contribution in [0.1, 0.15) is 15.9 Å². The van der Waals surface area contributed by atoms with Crippen molar-refractivity contribution in [2.45, 2.75) is 0 Å². The fourth-order valence-corrected chi connectivity index (χ4v) is 1.77. The molecule has 19 heavy (non-hydrogen) atoms. The molecule has 0 fully saturated rings. The normalized spacial score (nSPS) is 10.6. The van der Waals surface area contributed by atoms with Gasteiger partial charge in [-0.3, -0.25) is 4.79 Å². The lowest BCUT2D eigenvalue weighted by molar-refractivity contribution is 0.0955. The van der Waals surface area contributed by atoms with Gasteiger partial charge in [-0.25, -0.2) is 5.43 Å². The summed E-state index contributed by atoms with van der Waals surface area (Å²) in [5.41, 5.74) is 3.64. The maximum atomic E-state index is 11.8. The van der Waals surface area contributed by atoms with Gasteiger partial charge in [0.1, 0.15) is 0 Å². The minimum atomic E-state index is -0.351. The van der Waals surface area contributed by atoms with Gasteiger partial charge < -0.3 is 0 Å². The van der Waals surface area contributed by atoms with Crippen molar-refractivity contribution < 1.29 is 4.79 Å². The molecule has 3 nitrogen and oxygen atoms in total. The third-order valence-corrected chi connectivity index (χ3v) is 2.95. The number of nitrogens with zero attached hydrogens (tertiary/aromatic N) is 1. The molecular formula is C14H10Cl2N2O. The van der Waals surface area contributed by atoms with E-state index in [2.05, 4.69) is 10.5 Å². The van der Waals surface area contributed by atoms with Crippen LogP contribution in [0.4, 0.5) is 0 Å². The molecule has 0 bridgehead atoms. The Hall–Kier alpha value is -1.84. The molecule has 5 heteroatoms. The Labute approximate surface area is 120 Å². The molecule has 0 unspecified atom stereocenters. The average molecular weight is 293 g/mol. The highest BCUT2D eigenvalue weighted by Gasteiger charge is 2.07. The van der Waals surface area contributed by atoms with Crippen LogP contribution in [-0.4, -0.2) is 12.1 Å². The largest absolute Gasteiger partial charge is 0.272 e. The van der Waals surface area contributed by atoms with Crippen LogP contribution in [0.25, 0.3) is 0 Å². The number of halogens is 2. The minimum Gasteiger partial charge on any atom is -0.267 e. The highest BCUT2D eigenvalue weighted by molar-refractivity contribution is 6.33. The fourth-order valence-electron chi connectivity index (χ4n) is 1.42. The van der Waals surface area contributed by atoms with E-state index in [0.29, 0.717) is 15.6 Å². The first kappa shape index (κ1) is 13.6. The number of carbonyl (C=O) groups excluding carboxylic acids is 1. The van der Waals surface area contributed by atoms with E-state index in [0.717, 1.165) is 5.56 Å². The molecule has 1 amide bonds. The van der Waals surface area contributed by atoms with E-state index in [-0.39, 0.29) is 5.91 Å². The molecule has 0 heterocycles. The first-order valence-corrected chi connectivity index (χ1v) is 6.26. The molecule has 0 radical (unpaired) electrons. The second kappa shape index (κ2) is 6.36. The fraction of sp³-hybridized carbons (Fsp3) is 0. The number of hydrogen-bond acceptors (Lipinski definition) is 2. The van der Waals surface area contributed by atoms with E-state index in [1.165, 1.54) is 6.21 Å². The Kier molecular flexibility index (Phi) is 4.55. The molecule has 0 aromatic heterocycles. The maximum Gasteiger partial charge on any atom is 0.272 e. The zero-order valence-electron chi connectivity index (χ0n) is 9.81. The molecular weight excluding hydrogens is 283 g/mol. The highest BCUT2D eigenvalue weighted by atomic mass is 35.5. The summed E-state index contributed by atoms with van der Waals surface area (Å²) >= 11 is 11.7. The van der Waals surface area contributed by atoms with Gasteiger partial charge in [-0.15, -0.1) is 0 Å². The Bertz CT molecular complexity index is 609. The van der Waals surface area contributed by atoms with Crippen molar-refractivity contribution in [3.63, 3.8) is 0 Å². The van der Waals surface area contributed by atoms with Gasteiger partial charge in [0.25, 0.3) is 5.91 Å². The van der Waals surface area contributed by atoms with E-state index >= 15 is 0 Å². The lowest BCUT2D eigenvalue weighted by Gasteiger charge is -2.01. The second-order valence-electron chi connectivity index (χ2n) is 3.73. The van der Waals surface area contributed by atoms with Crippen molar-refractivity contribution in [3.05, 3.63) is 69.7 Å². The molecule has 0 aliphatic rings. The van der Waals surface area contributed by atoms with Crippen molar-refractivity contribution in [2.75, 3.05) is 0 Å². The molecule has 0 aliphatic heterocycles. The topological polar surface area (TPSA) is 41.5 Å². The molecule has 96 valence electrons. The molecule has 0 atom stereocenters. The van der Waals surface area contributed by atoms with Crippen LogP contribution in [-0.2, 0) is 0 Å². The van der Waals surface area contributed by atoms with E-state index in [9.17, 15) is 4.79 Å². The number of benzene rings is 2. The lowest BCUT2D eigenvalue weighted by atomic mass is 10.2. The Morgan fingerprint density at radius 3 is 2.42 bits per heavy atom. The first-order chi connectivity index (χ1) is 9.16. The Balaban J connectivity index is 2.01. The van der Waals surface area contributed by atoms with Crippen molar-refractivity contribution in [1.82, 2.24) is 5.43 Å². The highest BCUT2D eigenvalue weighted by Crippen LogP contribution is 2.14. The SMILES string of the molecule is O=C(NN=Cc1ccc(Cl)cc1)c1ccccc1Cl. The monoisotopic (exact) mass is 292 g/mol. The summed E-state index contributed by atoms with van der Waals surface area (Å²) in [6.45, 7) is 0.